The SMILES string of the molecule is CC(C)(C)OC(=O)NC(C=O)c1cccnc1N1CCCCC1. The smallest absolute Gasteiger partial charge is 0.408 e. The van der Waals surface area contributed by atoms with E-state index in [0.29, 0.717) is 11.8 Å². The van der Waals surface area contributed by atoms with E-state index in [0.717, 1.165) is 31.7 Å². The summed E-state index contributed by atoms with van der Waals surface area (Å²) < 4.78 is 5.23. The van der Waals surface area contributed by atoms with Crippen LogP contribution in [-0.2, 0) is 9.53 Å². The van der Waals surface area contributed by atoms with E-state index in [1.54, 1.807) is 33.0 Å². The first kappa shape index (κ1) is 17.2. The number of amides is 1. The number of aromatic nitrogens is 1. The minimum atomic E-state index is -0.768. The first-order valence-electron chi connectivity index (χ1n) is 8.05. The number of hydrogen-bond acceptors (Lipinski definition) is 5. The van der Waals surface area contributed by atoms with E-state index < -0.39 is 17.7 Å². The van der Waals surface area contributed by atoms with Crippen LogP contribution in [0.5, 0.6) is 0 Å². The molecule has 6 nitrogen and oxygen atoms in total. The van der Waals surface area contributed by atoms with Gasteiger partial charge in [0.1, 0.15) is 23.7 Å². The first-order chi connectivity index (χ1) is 10.9. The Morgan fingerprint density at radius 2 is 2.04 bits per heavy atom. The number of aldehydes is 1. The Labute approximate surface area is 137 Å². The zero-order valence-electron chi connectivity index (χ0n) is 14.0. The van der Waals surface area contributed by atoms with Gasteiger partial charge in [0.2, 0.25) is 0 Å². The second-order valence-corrected chi connectivity index (χ2v) is 6.72. The fraction of sp³-hybridized carbons (Fsp3) is 0.588. The molecule has 1 unspecified atom stereocenters. The number of hydrogen-bond donors (Lipinski definition) is 1. The van der Waals surface area contributed by atoms with Crippen LogP contribution in [0.1, 0.15) is 51.6 Å². The lowest BCUT2D eigenvalue weighted by Crippen LogP contribution is -2.37. The van der Waals surface area contributed by atoms with Crippen molar-refractivity contribution in [2.45, 2.75) is 51.7 Å². The van der Waals surface area contributed by atoms with Crippen LogP contribution in [0.2, 0.25) is 0 Å². The zero-order chi connectivity index (χ0) is 16.9. The Hall–Kier alpha value is -2.11. The molecule has 1 atom stereocenters. The molecule has 1 saturated heterocycles. The number of pyridine rings is 1. The number of carbonyl (C=O) groups is 2. The van der Waals surface area contributed by atoms with E-state index in [4.69, 9.17) is 4.74 Å². The molecule has 0 saturated carbocycles. The van der Waals surface area contributed by atoms with Crippen LogP contribution >= 0.6 is 0 Å². The third-order valence-corrected chi connectivity index (χ3v) is 3.62. The summed E-state index contributed by atoms with van der Waals surface area (Å²) in [6.45, 7) is 7.19. The van der Waals surface area contributed by atoms with Crippen molar-refractivity contribution in [1.82, 2.24) is 10.3 Å². The number of piperidine rings is 1. The molecule has 1 aliphatic rings. The van der Waals surface area contributed by atoms with Crippen molar-refractivity contribution >= 4 is 18.2 Å². The largest absolute Gasteiger partial charge is 0.444 e. The number of alkyl carbamates (subject to hydrolysis) is 1. The molecule has 2 rings (SSSR count). The molecule has 0 bridgehead atoms. The predicted octanol–water partition coefficient (Wildman–Crippen LogP) is 2.84. The van der Waals surface area contributed by atoms with Gasteiger partial charge in [0.05, 0.1) is 0 Å². The number of nitrogens with zero attached hydrogens (tertiary/aromatic N) is 2. The number of ether oxygens (including phenoxy) is 1. The minimum Gasteiger partial charge on any atom is -0.444 e. The molecular weight excluding hydrogens is 294 g/mol. The predicted molar refractivity (Wildman–Crippen MR) is 88.5 cm³/mol. The van der Waals surface area contributed by atoms with Crippen molar-refractivity contribution in [3.05, 3.63) is 23.9 Å². The fourth-order valence-electron chi connectivity index (χ4n) is 2.64. The van der Waals surface area contributed by atoms with E-state index in [1.807, 2.05) is 6.07 Å². The summed E-state index contributed by atoms with van der Waals surface area (Å²) in [6.07, 6.45) is 5.26. The molecule has 1 aliphatic heterocycles. The number of anilines is 1. The van der Waals surface area contributed by atoms with Gasteiger partial charge in [-0.1, -0.05) is 6.07 Å². The van der Waals surface area contributed by atoms with E-state index >= 15 is 0 Å². The monoisotopic (exact) mass is 319 g/mol. The Morgan fingerprint density at radius 1 is 1.35 bits per heavy atom. The average Bonchev–Trinajstić information content (AvgIpc) is 2.52. The molecule has 0 aromatic carbocycles. The molecule has 2 heterocycles. The summed E-state index contributed by atoms with van der Waals surface area (Å²) in [5.41, 5.74) is 0.0950. The van der Waals surface area contributed by atoms with Gasteiger partial charge in [-0.2, -0.15) is 0 Å². The molecule has 0 radical (unpaired) electrons. The van der Waals surface area contributed by atoms with E-state index in [9.17, 15) is 9.59 Å². The quantitative estimate of drug-likeness (QED) is 0.864. The summed E-state index contributed by atoms with van der Waals surface area (Å²) in [5, 5.41) is 2.62. The highest BCUT2D eigenvalue weighted by Gasteiger charge is 2.24. The molecule has 1 N–H and O–H groups in total. The van der Waals surface area contributed by atoms with Gasteiger partial charge in [0.15, 0.2) is 0 Å². The van der Waals surface area contributed by atoms with Crippen molar-refractivity contribution in [1.29, 1.82) is 0 Å². The lowest BCUT2D eigenvalue weighted by molar-refractivity contribution is -0.109. The standard InChI is InChI=1S/C17H25N3O3/c1-17(2,3)23-16(22)19-14(12-21)13-8-7-9-18-15(13)20-10-5-4-6-11-20/h7-9,12,14H,4-6,10-11H2,1-3H3,(H,19,22). The zero-order valence-corrected chi connectivity index (χ0v) is 14.0. The van der Waals surface area contributed by atoms with Crippen LogP contribution in [-0.4, -0.2) is 36.1 Å². The Kier molecular flexibility index (Phi) is 5.58. The Morgan fingerprint density at radius 3 is 2.65 bits per heavy atom. The highest BCUT2D eigenvalue weighted by atomic mass is 16.6. The lowest BCUT2D eigenvalue weighted by atomic mass is 10.1. The highest BCUT2D eigenvalue weighted by molar-refractivity contribution is 5.76. The van der Waals surface area contributed by atoms with Gasteiger partial charge in [0.25, 0.3) is 0 Å². The summed E-state index contributed by atoms with van der Waals surface area (Å²) in [4.78, 5) is 30.1. The molecule has 1 aromatic heterocycles. The molecule has 1 aromatic rings. The van der Waals surface area contributed by atoms with Crippen LogP contribution in [0.3, 0.4) is 0 Å². The number of nitrogens with one attached hydrogen (secondary N) is 1. The van der Waals surface area contributed by atoms with Gasteiger partial charge in [-0.3, -0.25) is 0 Å². The molecule has 126 valence electrons. The van der Waals surface area contributed by atoms with Crippen molar-refractivity contribution < 1.29 is 14.3 Å². The van der Waals surface area contributed by atoms with Crippen molar-refractivity contribution in [2.75, 3.05) is 18.0 Å². The molecule has 1 amide bonds. The summed E-state index contributed by atoms with van der Waals surface area (Å²) in [6, 6.07) is 2.83. The van der Waals surface area contributed by atoms with E-state index in [1.165, 1.54) is 6.42 Å². The normalized spacial score (nSPS) is 16.6. The van der Waals surface area contributed by atoms with Gasteiger partial charge in [-0.15, -0.1) is 0 Å². The highest BCUT2D eigenvalue weighted by Crippen LogP contribution is 2.26. The fourth-order valence-corrected chi connectivity index (χ4v) is 2.64. The van der Waals surface area contributed by atoms with Gasteiger partial charge in [-0.05, 0) is 46.1 Å². The van der Waals surface area contributed by atoms with Gasteiger partial charge in [0, 0.05) is 24.8 Å². The number of rotatable bonds is 4. The van der Waals surface area contributed by atoms with Crippen molar-refractivity contribution in [2.24, 2.45) is 0 Å². The molecule has 0 aliphatic carbocycles. The van der Waals surface area contributed by atoms with Crippen LogP contribution in [0, 0.1) is 0 Å². The van der Waals surface area contributed by atoms with Crippen LogP contribution in [0.25, 0.3) is 0 Å². The minimum absolute atomic E-state index is 0.608. The Balaban J connectivity index is 2.17. The lowest BCUT2D eigenvalue weighted by Gasteiger charge is -2.30. The van der Waals surface area contributed by atoms with E-state index in [2.05, 4.69) is 15.2 Å². The van der Waals surface area contributed by atoms with Gasteiger partial charge >= 0.3 is 6.09 Å². The maximum atomic E-state index is 12.0. The molecular formula is C17H25N3O3. The molecule has 1 fully saturated rings. The second kappa shape index (κ2) is 7.44. The van der Waals surface area contributed by atoms with Gasteiger partial charge in [-0.25, -0.2) is 9.78 Å². The average molecular weight is 319 g/mol. The summed E-state index contributed by atoms with van der Waals surface area (Å²) in [5.74, 6) is 0.764. The van der Waals surface area contributed by atoms with Crippen molar-refractivity contribution in [3.63, 3.8) is 0 Å². The molecule has 23 heavy (non-hydrogen) atoms. The van der Waals surface area contributed by atoms with Crippen LogP contribution < -0.4 is 10.2 Å². The summed E-state index contributed by atoms with van der Waals surface area (Å²) >= 11 is 0. The third kappa shape index (κ3) is 4.94. The molecule has 0 spiro atoms. The van der Waals surface area contributed by atoms with E-state index in [-0.39, 0.29) is 0 Å². The van der Waals surface area contributed by atoms with Crippen LogP contribution in [0.15, 0.2) is 18.3 Å². The second-order valence-electron chi connectivity index (χ2n) is 6.72. The third-order valence-electron chi connectivity index (χ3n) is 3.62. The topological polar surface area (TPSA) is 71.5 Å². The maximum absolute atomic E-state index is 12.0. The number of carbonyl (C=O) groups excluding carboxylic acids is 2. The van der Waals surface area contributed by atoms with Crippen molar-refractivity contribution in [3.8, 4) is 0 Å². The summed E-state index contributed by atoms with van der Waals surface area (Å²) in [7, 11) is 0. The first-order valence-corrected chi connectivity index (χ1v) is 8.05. The molecule has 6 heteroatoms. The Bertz CT molecular complexity index is 548. The van der Waals surface area contributed by atoms with Crippen LogP contribution in [0.4, 0.5) is 10.6 Å². The maximum Gasteiger partial charge on any atom is 0.408 e. The van der Waals surface area contributed by atoms with Gasteiger partial charge < -0.3 is 19.7 Å².